The van der Waals surface area contributed by atoms with Crippen molar-refractivity contribution in [2.24, 2.45) is 10.7 Å². The summed E-state index contributed by atoms with van der Waals surface area (Å²) in [7, 11) is 1.65. The number of hydrogen-bond donors (Lipinski definition) is 1. The summed E-state index contributed by atoms with van der Waals surface area (Å²) in [4.78, 5) is 19.2. The van der Waals surface area contributed by atoms with Gasteiger partial charge in [0.15, 0.2) is 10.9 Å². The number of aromatic nitrogens is 3. The Kier molecular flexibility index (Phi) is 5.97. The summed E-state index contributed by atoms with van der Waals surface area (Å²) in [5, 5.41) is 1.58. The molecule has 0 saturated carbocycles. The number of nitrogens with two attached hydrogens (primary N) is 1. The fourth-order valence-electron chi connectivity index (χ4n) is 5.65. The normalized spacial score (nSPS) is 20.0. The molecule has 0 fully saturated rings. The molecule has 0 bridgehead atoms. The van der Waals surface area contributed by atoms with E-state index in [-0.39, 0.29) is 0 Å². The fourth-order valence-corrected chi connectivity index (χ4v) is 6.47. The molecule has 0 unspecified atom stereocenters. The Labute approximate surface area is 230 Å². The first-order chi connectivity index (χ1) is 19.1. The summed E-state index contributed by atoms with van der Waals surface area (Å²) >= 11 is 1.59. The van der Waals surface area contributed by atoms with Gasteiger partial charge in [-0.15, -0.1) is 0 Å². The van der Waals surface area contributed by atoms with Gasteiger partial charge < -0.3 is 19.9 Å². The molecule has 39 heavy (non-hydrogen) atoms. The van der Waals surface area contributed by atoms with Gasteiger partial charge in [-0.3, -0.25) is 15.0 Å². The number of fused-ring (bicyclic) bond motifs is 5. The highest BCUT2D eigenvalue weighted by Gasteiger charge is 2.44. The van der Waals surface area contributed by atoms with Crippen molar-refractivity contribution < 1.29 is 14.2 Å². The first-order valence-corrected chi connectivity index (χ1v) is 14.0. The van der Waals surface area contributed by atoms with Crippen LogP contribution in [0.3, 0.4) is 0 Å². The molecule has 3 aromatic heterocycles. The van der Waals surface area contributed by atoms with Gasteiger partial charge in [-0.1, -0.05) is 23.9 Å². The number of pyridine rings is 3. The topological polar surface area (TPSA) is 105 Å². The average Bonchev–Trinajstić information content (AvgIpc) is 2.98. The predicted octanol–water partition coefficient (Wildman–Crippen LogP) is 5.23. The molecule has 2 N–H and O–H groups in total. The van der Waals surface area contributed by atoms with Crippen molar-refractivity contribution >= 4 is 33.4 Å². The van der Waals surface area contributed by atoms with Crippen LogP contribution in [0.4, 0.5) is 0 Å². The number of methoxy groups -OCH3 is 1. The molecule has 4 aromatic rings. The number of rotatable bonds is 4. The minimum atomic E-state index is -0.643. The maximum absolute atomic E-state index is 6.42. The summed E-state index contributed by atoms with van der Waals surface area (Å²) in [6.07, 6.45) is 9.75. The molecule has 3 aliphatic heterocycles. The van der Waals surface area contributed by atoms with Gasteiger partial charge in [-0.25, -0.2) is 4.99 Å². The Balaban J connectivity index is 1.33. The Morgan fingerprint density at radius 1 is 1.05 bits per heavy atom. The third kappa shape index (κ3) is 4.22. The van der Waals surface area contributed by atoms with Gasteiger partial charge in [0.2, 0.25) is 0 Å². The molecule has 8 nitrogen and oxygen atoms in total. The van der Waals surface area contributed by atoms with Crippen LogP contribution in [-0.4, -0.2) is 46.2 Å². The summed E-state index contributed by atoms with van der Waals surface area (Å²) in [5.74, 6) is 3.10. The lowest BCUT2D eigenvalue weighted by molar-refractivity contribution is 0.161. The number of thioether (sulfide) groups is 1. The number of aliphatic imine (C=N–C) groups is 1. The summed E-state index contributed by atoms with van der Waals surface area (Å²) in [5.41, 5.74) is 12.8. The van der Waals surface area contributed by atoms with E-state index in [1.165, 1.54) is 5.57 Å². The molecule has 0 aliphatic carbocycles. The summed E-state index contributed by atoms with van der Waals surface area (Å²) in [6, 6.07) is 12.4. The quantitative estimate of drug-likeness (QED) is 0.377. The first-order valence-electron chi connectivity index (χ1n) is 13.0. The molecule has 1 atom stereocenters. The molecule has 9 heteroatoms. The third-order valence-electron chi connectivity index (χ3n) is 7.59. The Bertz CT molecular complexity index is 1670. The molecule has 1 aromatic carbocycles. The zero-order chi connectivity index (χ0) is 26.4. The van der Waals surface area contributed by atoms with Crippen LogP contribution in [0.25, 0.3) is 16.5 Å². The van der Waals surface area contributed by atoms with E-state index in [9.17, 15) is 0 Å². The average molecular weight is 538 g/mol. The molecule has 6 heterocycles. The van der Waals surface area contributed by atoms with E-state index in [1.807, 2.05) is 30.6 Å². The monoisotopic (exact) mass is 537 g/mol. The zero-order valence-corrected chi connectivity index (χ0v) is 22.3. The highest BCUT2D eigenvalue weighted by Crippen LogP contribution is 2.53. The Hall–Kier alpha value is -3.95. The van der Waals surface area contributed by atoms with E-state index < -0.39 is 5.54 Å². The molecule has 0 radical (unpaired) electrons. The zero-order valence-electron chi connectivity index (χ0n) is 21.5. The standard InChI is InChI=1S/C30H27N5O3S/c1-36-21-14-20-4-8-32-25(28(20)34-16-21)13-18-2-3-26-22(12-18)30(7-11-39-29(31)35-30)23-15-24(33-17-27(23)38-26)19-5-9-37-10-6-19/h2-5,8,12,14-17H,6-7,9-11,13H2,1H3,(H2,31,35)/t30-/m0/s1. The van der Waals surface area contributed by atoms with Gasteiger partial charge in [-0.05, 0) is 54.3 Å². The van der Waals surface area contributed by atoms with Crippen LogP contribution < -0.4 is 15.2 Å². The van der Waals surface area contributed by atoms with Crippen LogP contribution in [-0.2, 0) is 16.7 Å². The van der Waals surface area contributed by atoms with E-state index in [1.54, 1.807) is 25.1 Å². The molecule has 3 aliphatic rings. The van der Waals surface area contributed by atoms with Crippen molar-refractivity contribution in [1.82, 2.24) is 15.0 Å². The molecule has 0 amide bonds. The largest absolute Gasteiger partial charge is 0.495 e. The minimum absolute atomic E-state index is 0.586. The van der Waals surface area contributed by atoms with E-state index in [2.05, 4.69) is 34.2 Å². The SMILES string of the molecule is COc1cnc2c(Cc3ccc4c(c3)[C@@]3(CCSC(N)=N3)c3cc(C5=CCOCC5)ncc3O4)nccc2c1. The Morgan fingerprint density at radius 3 is 2.82 bits per heavy atom. The van der Waals surface area contributed by atoms with Gasteiger partial charge in [0.1, 0.15) is 17.0 Å². The van der Waals surface area contributed by atoms with Crippen molar-refractivity contribution in [3.63, 3.8) is 0 Å². The van der Waals surface area contributed by atoms with E-state index >= 15 is 0 Å². The highest BCUT2D eigenvalue weighted by molar-refractivity contribution is 8.13. The summed E-state index contributed by atoms with van der Waals surface area (Å²) < 4.78 is 17.3. The van der Waals surface area contributed by atoms with Crippen molar-refractivity contribution in [3.05, 3.63) is 89.1 Å². The van der Waals surface area contributed by atoms with Crippen molar-refractivity contribution in [1.29, 1.82) is 0 Å². The lowest BCUT2D eigenvalue weighted by atomic mass is 9.77. The molecular weight excluding hydrogens is 510 g/mol. The van der Waals surface area contributed by atoms with Gasteiger partial charge in [-0.2, -0.15) is 0 Å². The molecule has 7 rings (SSSR count). The van der Waals surface area contributed by atoms with Crippen molar-refractivity contribution in [3.8, 4) is 17.2 Å². The predicted molar refractivity (Wildman–Crippen MR) is 153 cm³/mol. The highest BCUT2D eigenvalue weighted by atomic mass is 32.2. The van der Waals surface area contributed by atoms with Crippen molar-refractivity contribution in [2.45, 2.75) is 24.8 Å². The van der Waals surface area contributed by atoms with Crippen molar-refractivity contribution in [2.75, 3.05) is 26.1 Å². The maximum Gasteiger partial charge on any atom is 0.155 e. The van der Waals surface area contributed by atoms with E-state index in [4.69, 9.17) is 29.9 Å². The third-order valence-corrected chi connectivity index (χ3v) is 8.38. The second-order valence-corrected chi connectivity index (χ2v) is 11.0. The Morgan fingerprint density at radius 2 is 1.97 bits per heavy atom. The molecule has 0 saturated heterocycles. The lowest BCUT2D eigenvalue weighted by Crippen LogP contribution is -2.35. The smallest absolute Gasteiger partial charge is 0.155 e. The maximum atomic E-state index is 6.42. The molecule has 196 valence electrons. The van der Waals surface area contributed by atoms with Gasteiger partial charge in [0.05, 0.1) is 49.6 Å². The lowest BCUT2D eigenvalue weighted by Gasteiger charge is -2.39. The van der Waals surface area contributed by atoms with Crippen LogP contribution in [0.1, 0.15) is 40.9 Å². The van der Waals surface area contributed by atoms with Gasteiger partial charge >= 0.3 is 0 Å². The number of nitrogens with zero attached hydrogens (tertiary/aromatic N) is 4. The van der Waals surface area contributed by atoms with Crippen LogP contribution in [0, 0.1) is 0 Å². The number of hydrogen-bond acceptors (Lipinski definition) is 9. The second-order valence-electron chi connectivity index (χ2n) is 9.84. The number of ether oxygens (including phenoxy) is 3. The van der Waals surface area contributed by atoms with E-state index in [0.717, 1.165) is 74.8 Å². The minimum Gasteiger partial charge on any atom is -0.495 e. The van der Waals surface area contributed by atoms with Crippen LogP contribution >= 0.6 is 11.8 Å². The van der Waals surface area contributed by atoms with Gasteiger partial charge in [0, 0.05) is 34.9 Å². The van der Waals surface area contributed by atoms with Crippen LogP contribution in [0.2, 0.25) is 0 Å². The molecule has 1 spiro atoms. The summed E-state index contributed by atoms with van der Waals surface area (Å²) in [6.45, 7) is 1.30. The second kappa shape index (κ2) is 9.66. The van der Waals surface area contributed by atoms with Crippen LogP contribution in [0.5, 0.6) is 17.2 Å². The number of amidine groups is 1. The van der Waals surface area contributed by atoms with Crippen LogP contribution in [0.15, 0.2) is 66.1 Å². The van der Waals surface area contributed by atoms with Gasteiger partial charge in [0.25, 0.3) is 0 Å². The fraction of sp³-hybridized carbons (Fsp3) is 0.267. The molecular formula is C30H27N5O3S. The van der Waals surface area contributed by atoms with E-state index in [0.29, 0.717) is 24.8 Å². The first kappa shape index (κ1) is 24.1. The number of benzene rings is 1.